The standard InChI is InChI=1S/C15H16F2N4O3/c1-9-19-20-14(24-9)11-5-3-7-21(11)15(22)10-4-2-6-13(18-10)23-8-12(16)17/h2,4,6,11-12H,3,5,7-8H2,1H3/t11-/m0/s1. The summed E-state index contributed by atoms with van der Waals surface area (Å²) in [5, 5.41) is 7.77. The number of carbonyl (C=O) groups is 1. The molecule has 2 aromatic heterocycles. The van der Waals surface area contributed by atoms with Gasteiger partial charge in [-0.3, -0.25) is 4.79 Å². The van der Waals surface area contributed by atoms with Crippen LogP contribution in [0.3, 0.4) is 0 Å². The number of ether oxygens (including phenoxy) is 1. The molecule has 1 atom stereocenters. The predicted octanol–water partition coefficient (Wildman–Crippen LogP) is 2.39. The maximum atomic E-state index is 12.7. The third-order valence-electron chi connectivity index (χ3n) is 3.64. The summed E-state index contributed by atoms with van der Waals surface area (Å²) < 4.78 is 34.7. The van der Waals surface area contributed by atoms with E-state index in [4.69, 9.17) is 9.15 Å². The van der Waals surface area contributed by atoms with Gasteiger partial charge in [0.25, 0.3) is 12.3 Å². The molecule has 0 N–H and O–H groups in total. The minimum Gasteiger partial charge on any atom is -0.472 e. The molecule has 0 bridgehead atoms. The molecule has 1 amide bonds. The number of aromatic nitrogens is 3. The average Bonchev–Trinajstić information content (AvgIpc) is 3.21. The maximum absolute atomic E-state index is 12.7. The lowest BCUT2D eigenvalue weighted by Gasteiger charge is -2.21. The number of hydrogen-bond acceptors (Lipinski definition) is 6. The first kappa shape index (κ1) is 16.3. The maximum Gasteiger partial charge on any atom is 0.273 e. The molecule has 7 nitrogen and oxygen atoms in total. The van der Waals surface area contributed by atoms with Gasteiger partial charge in [-0.1, -0.05) is 6.07 Å². The van der Waals surface area contributed by atoms with Crippen molar-refractivity contribution < 1.29 is 22.7 Å². The van der Waals surface area contributed by atoms with Gasteiger partial charge >= 0.3 is 0 Å². The predicted molar refractivity (Wildman–Crippen MR) is 77.8 cm³/mol. The van der Waals surface area contributed by atoms with E-state index in [1.807, 2.05) is 0 Å². The Hall–Kier alpha value is -2.58. The molecular formula is C15H16F2N4O3. The van der Waals surface area contributed by atoms with Crippen molar-refractivity contribution >= 4 is 5.91 Å². The molecule has 128 valence electrons. The third-order valence-corrected chi connectivity index (χ3v) is 3.64. The lowest BCUT2D eigenvalue weighted by molar-refractivity contribution is 0.0701. The first-order valence-corrected chi connectivity index (χ1v) is 7.53. The highest BCUT2D eigenvalue weighted by atomic mass is 19.3. The van der Waals surface area contributed by atoms with Crippen LogP contribution in [-0.2, 0) is 0 Å². The minimum atomic E-state index is -2.60. The zero-order valence-corrected chi connectivity index (χ0v) is 13.0. The zero-order valence-electron chi connectivity index (χ0n) is 13.0. The largest absolute Gasteiger partial charge is 0.472 e. The lowest BCUT2D eigenvalue weighted by atomic mass is 10.2. The number of likely N-dealkylation sites (tertiary alicyclic amines) is 1. The van der Waals surface area contributed by atoms with Gasteiger partial charge in [-0.2, -0.15) is 0 Å². The molecule has 9 heteroatoms. The molecule has 0 radical (unpaired) electrons. The Morgan fingerprint density at radius 2 is 2.29 bits per heavy atom. The summed E-state index contributed by atoms with van der Waals surface area (Å²) in [6, 6.07) is 4.20. The van der Waals surface area contributed by atoms with E-state index in [1.54, 1.807) is 17.9 Å². The van der Waals surface area contributed by atoms with Gasteiger partial charge in [0.2, 0.25) is 17.7 Å². The van der Waals surface area contributed by atoms with Gasteiger partial charge in [-0.05, 0) is 18.9 Å². The van der Waals surface area contributed by atoms with Gasteiger partial charge in [0.1, 0.15) is 11.7 Å². The Morgan fingerprint density at radius 1 is 1.46 bits per heavy atom. The molecule has 1 aliphatic rings. The monoisotopic (exact) mass is 338 g/mol. The second kappa shape index (κ2) is 6.90. The Bertz CT molecular complexity index is 722. The smallest absolute Gasteiger partial charge is 0.273 e. The molecule has 0 saturated carbocycles. The number of nitrogens with zero attached hydrogens (tertiary/aromatic N) is 4. The number of hydrogen-bond donors (Lipinski definition) is 0. The summed E-state index contributed by atoms with van der Waals surface area (Å²) in [6.07, 6.45) is -1.08. The fourth-order valence-electron chi connectivity index (χ4n) is 2.62. The summed E-state index contributed by atoms with van der Waals surface area (Å²) in [6.45, 7) is 1.45. The molecule has 1 aliphatic heterocycles. The fourth-order valence-corrected chi connectivity index (χ4v) is 2.62. The number of aryl methyl sites for hydroxylation is 1. The summed E-state index contributed by atoms with van der Waals surface area (Å²) >= 11 is 0. The number of pyridine rings is 1. The third kappa shape index (κ3) is 3.50. The second-order valence-electron chi connectivity index (χ2n) is 5.38. The van der Waals surface area contributed by atoms with E-state index in [9.17, 15) is 13.6 Å². The summed E-state index contributed by atoms with van der Waals surface area (Å²) in [4.78, 5) is 18.3. The van der Waals surface area contributed by atoms with Gasteiger partial charge in [0.15, 0.2) is 6.61 Å². The van der Waals surface area contributed by atoms with Gasteiger partial charge in [-0.25, -0.2) is 13.8 Å². The molecule has 3 rings (SSSR count). The topological polar surface area (TPSA) is 81.4 Å². The zero-order chi connectivity index (χ0) is 17.1. The fraction of sp³-hybridized carbons (Fsp3) is 0.467. The molecule has 0 aromatic carbocycles. The Balaban J connectivity index is 1.76. The van der Waals surface area contributed by atoms with Crippen LogP contribution in [0.15, 0.2) is 22.6 Å². The number of carbonyl (C=O) groups excluding carboxylic acids is 1. The van der Waals surface area contributed by atoms with Crippen LogP contribution in [0.5, 0.6) is 5.88 Å². The molecular weight excluding hydrogens is 322 g/mol. The summed E-state index contributed by atoms with van der Waals surface area (Å²) in [5.41, 5.74) is 0.130. The van der Waals surface area contributed by atoms with E-state index < -0.39 is 13.0 Å². The first-order chi connectivity index (χ1) is 11.5. The van der Waals surface area contributed by atoms with Gasteiger partial charge in [-0.15, -0.1) is 10.2 Å². The van der Waals surface area contributed by atoms with Crippen molar-refractivity contribution in [1.29, 1.82) is 0 Å². The lowest BCUT2D eigenvalue weighted by Crippen LogP contribution is -2.31. The SMILES string of the molecule is Cc1nnc([C@@H]2CCCN2C(=O)c2cccc(OCC(F)F)n2)o1. The van der Waals surface area contributed by atoms with Crippen LogP contribution in [0, 0.1) is 6.92 Å². The molecule has 0 unspecified atom stereocenters. The molecule has 1 saturated heterocycles. The van der Waals surface area contributed by atoms with Crippen LogP contribution in [0.2, 0.25) is 0 Å². The minimum absolute atomic E-state index is 0.00877. The van der Waals surface area contributed by atoms with Crippen molar-refractivity contribution in [2.75, 3.05) is 13.2 Å². The van der Waals surface area contributed by atoms with Crippen LogP contribution < -0.4 is 4.74 Å². The van der Waals surface area contributed by atoms with E-state index in [-0.39, 0.29) is 23.5 Å². The van der Waals surface area contributed by atoms with Crippen LogP contribution in [-0.4, -0.2) is 45.6 Å². The van der Waals surface area contributed by atoms with Crippen LogP contribution in [0.25, 0.3) is 0 Å². The number of rotatable bonds is 5. The van der Waals surface area contributed by atoms with Gasteiger partial charge < -0.3 is 14.1 Å². The Morgan fingerprint density at radius 3 is 3.00 bits per heavy atom. The van der Waals surface area contributed by atoms with Gasteiger partial charge in [0.05, 0.1) is 0 Å². The number of amides is 1. The Kier molecular flexibility index (Phi) is 4.68. The molecule has 3 heterocycles. The van der Waals surface area contributed by atoms with E-state index in [1.165, 1.54) is 12.1 Å². The molecule has 24 heavy (non-hydrogen) atoms. The van der Waals surface area contributed by atoms with E-state index in [0.29, 0.717) is 18.3 Å². The normalized spacial score (nSPS) is 17.5. The van der Waals surface area contributed by atoms with Crippen LogP contribution >= 0.6 is 0 Å². The summed E-state index contributed by atoms with van der Waals surface area (Å²) in [5.74, 6) is 0.495. The number of alkyl halides is 2. The second-order valence-corrected chi connectivity index (χ2v) is 5.38. The van der Waals surface area contributed by atoms with Crippen molar-refractivity contribution in [3.8, 4) is 5.88 Å². The van der Waals surface area contributed by atoms with E-state index in [2.05, 4.69) is 15.2 Å². The molecule has 1 fully saturated rings. The number of halogens is 2. The van der Waals surface area contributed by atoms with Crippen LogP contribution in [0.1, 0.15) is 41.2 Å². The van der Waals surface area contributed by atoms with Crippen molar-refractivity contribution in [3.05, 3.63) is 35.7 Å². The van der Waals surface area contributed by atoms with Crippen molar-refractivity contribution in [3.63, 3.8) is 0 Å². The Labute approximate surface area is 136 Å². The van der Waals surface area contributed by atoms with E-state index >= 15 is 0 Å². The molecule has 2 aromatic rings. The van der Waals surface area contributed by atoms with Crippen molar-refractivity contribution in [2.24, 2.45) is 0 Å². The van der Waals surface area contributed by atoms with Gasteiger partial charge in [0, 0.05) is 19.5 Å². The molecule has 0 aliphatic carbocycles. The highest BCUT2D eigenvalue weighted by Gasteiger charge is 2.34. The highest BCUT2D eigenvalue weighted by molar-refractivity contribution is 5.92. The quantitative estimate of drug-likeness (QED) is 0.833. The van der Waals surface area contributed by atoms with Crippen LogP contribution in [0.4, 0.5) is 8.78 Å². The first-order valence-electron chi connectivity index (χ1n) is 7.53. The van der Waals surface area contributed by atoms with Crippen molar-refractivity contribution in [1.82, 2.24) is 20.1 Å². The van der Waals surface area contributed by atoms with Crippen molar-refractivity contribution in [2.45, 2.75) is 32.2 Å². The van der Waals surface area contributed by atoms with E-state index in [0.717, 1.165) is 12.8 Å². The molecule has 0 spiro atoms. The average molecular weight is 338 g/mol. The highest BCUT2D eigenvalue weighted by Crippen LogP contribution is 2.32. The summed E-state index contributed by atoms with van der Waals surface area (Å²) in [7, 11) is 0.